The van der Waals surface area contributed by atoms with Gasteiger partial charge in [0, 0.05) is 4.90 Å². The second-order valence-corrected chi connectivity index (χ2v) is 7.02. The smallest absolute Gasteiger partial charge is 0.274 e. The Balaban J connectivity index is 2.28. The maximum Gasteiger partial charge on any atom is 0.350 e. The van der Waals surface area contributed by atoms with Gasteiger partial charge in [-0.15, -0.1) is 23.1 Å². The molecular weight excluding hydrogens is 342 g/mol. The summed E-state index contributed by atoms with van der Waals surface area (Å²) in [7, 11) is 0. The van der Waals surface area contributed by atoms with E-state index in [1.165, 1.54) is 11.3 Å². The van der Waals surface area contributed by atoms with Crippen molar-refractivity contribution in [3.05, 3.63) is 39.3 Å². The van der Waals surface area contributed by atoms with Gasteiger partial charge in [-0.2, -0.15) is 0 Å². The van der Waals surface area contributed by atoms with Gasteiger partial charge in [-0.1, -0.05) is 30.7 Å². The van der Waals surface area contributed by atoms with Crippen molar-refractivity contribution in [2.24, 2.45) is 11.7 Å². The Kier molecular flexibility index (Phi) is 6.04. The van der Waals surface area contributed by atoms with E-state index in [4.69, 9.17) is 23.3 Å². The lowest BCUT2D eigenvalue weighted by Crippen LogP contribution is -2.47. The number of rotatable bonds is 5. The average molecular weight is 358 g/mol. The highest BCUT2D eigenvalue weighted by Crippen LogP contribution is 2.36. The topological polar surface area (TPSA) is 97.3 Å². The normalized spacial score (nSPS) is 10.5. The monoisotopic (exact) mass is 357 g/mol. The highest BCUT2D eigenvalue weighted by atomic mass is 35.5. The molecule has 1 aromatic heterocycles. The second kappa shape index (κ2) is 7.80. The van der Waals surface area contributed by atoms with Crippen LogP contribution in [0.4, 0.5) is 10.5 Å². The number of aromatic nitrogens is 1. The molecule has 0 aliphatic rings. The summed E-state index contributed by atoms with van der Waals surface area (Å²) >= 11 is 8.90. The lowest BCUT2D eigenvalue weighted by molar-refractivity contribution is 0.246. The number of hydrogen-bond donors (Lipinski definition) is 3. The molecule has 0 aliphatic carbocycles. The molecule has 1 heterocycles. The molecule has 0 atom stereocenters. The van der Waals surface area contributed by atoms with Gasteiger partial charge in [0.25, 0.3) is 0 Å². The second-order valence-electron chi connectivity index (χ2n) is 4.29. The Morgan fingerprint density at radius 3 is 2.91 bits per heavy atom. The van der Waals surface area contributed by atoms with E-state index >= 15 is 0 Å². The third-order valence-electron chi connectivity index (χ3n) is 2.92. The quantitative estimate of drug-likeness (QED) is 0.331. The number of aryl methyl sites for hydroxylation is 1. The molecule has 0 fully saturated rings. The molecular formula is C13H16ClN5OS2. The molecule has 1 aromatic carbocycles. The fourth-order valence-electron chi connectivity index (χ4n) is 1.87. The molecule has 0 spiro atoms. The third-order valence-corrected chi connectivity index (χ3v) is 5.40. The fraction of sp³-hybridized carbons (Fsp3) is 0.231. The molecule has 0 aliphatic heterocycles. The van der Waals surface area contributed by atoms with E-state index in [1.807, 2.05) is 24.5 Å². The number of nitrogens with zero attached hydrogens (tertiary/aromatic N) is 2. The zero-order chi connectivity index (χ0) is 16.1. The first kappa shape index (κ1) is 17.0. The molecule has 2 rings (SSSR count). The molecule has 6 nitrogen and oxygen atoms in total. The summed E-state index contributed by atoms with van der Waals surface area (Å²) < 4.78 is 0.655. The number of benzene rings is 1. The number of nitrogens with two attached hydrogens (primary N) is 2. The van der Waals surface area contributed by atoms with E-state index in [9.17, 15) is 4.79 Å². The van der Waals surface area contributed by atoms with Crippen molar-refractivity contribution in [2.75, 3.05) is 5.01 Å². The highest BCUT2D eigenvalue weighted by molar-refractivity contribution is 7.98. The van der Waals surface area contributed by atoms with Gasteiger partial charge >= 0.3 is 6.03 Å². The molecule has 0 saturated carbocycles. The van der Waals surface area contributed by atoms with E-state index in [0.717, 1.165) is 26.9 Å². The molecule has 9 heteroatoms. The van der Waals surface area contributed by atoms with Crippen LogP contribution >= 0.6 is 34.7 Å². The summed E-state index contributed by atoms with van der Waals surface area (Å²) in [6.07, 6.45) is 2.46. The summed E-state index contributed by atoms with van der Waals surface area (Å²) in [5.74, 6) is 11.6. The number of halogens is 1. The Morgan fingerprint density at radius 2 is 2.32 bits per heavy atom. The maximum atomic E-state index is 11.7. The van der Waals surface area contributed by atoms with Gasteiger partial charge in [-0.05, 0) is 18.1 Å². The van der Waals surface area contributed by atoms with Crippen molar-refractivity contribution in [1.82, 2.24) is 10.4 Å². The number of hydrogen-bond acceptors (Lipinski definition) is 6. The van der Waals surface area contributed by atoms with Crippen LogP contribution < -0.4 is 22.1 Å². The molecule has 5 N–H and O–H groups in total. The summed E-state index contributed by atoms with van der Waals surface area (Å²) in [6, 6.07) is 5.08. The highest BCUT2D eigenvalue weighted by Gasteiger charge is 2.17. The van der Waals surface area contributed by atoms with Gasteiger partial charge in [0.1, 0.15) is 9.34 Å². The Bertz CT molecular complexity index is 664. The number of anilines is 1. The van der Waals surface area contributed by atoms with Crippen molar-refractivity contribution >= 4 is 46.4 Å². The van der Waals surface area contributed by atoms with Crippen LogP contribution in [0.1, 0.15) is 17.5 Å². The zero-order valence-corrected chi connectivity index (χ0v) is 14.3. The number of urea groups is 1. The predicted molar refractivity (Wildman–Crippen MR) is 91.9 cm³/mol. The molecule has 0 unspecified atom stereocenters. The van der Waals surface area contributed by atoms with Gasteiger partial charge in [0.05, 0.1) is 17.6 Å². The standard InChI is InChI=1S/C13H16ClN5OS2/c1-2-8-4-3-5-9(19(16)13(20)18-15)12(8)21-7-11-17-6-10(14)22-11/h3-6H,2,7,15-16H2,1H3,(H,18,20). The minimum absolute atomic E-state index is 0.576. The van der Waals surface area contributed by atoms with E-state index in [-0.39, 0.29) is 0 Å². The summed E-state index contributed by atoms with van der Waals surface area (Å²) in [5, 5.41) is 1.93. The zero-order valence-electron chi connectivity index (χ0n) is 11.9. The molecule has 118 valence electrons. The lowest BCUT2D eigenvalue weighted by Gasteiger charge is -2.20. The van der Waals surface area contributed by atoms with Crippen LogP contribution in [-0.4, -0.2) is 11.0 Å². The van der Waals surface area contributed by atoms with Crippen LogP contribution in [0.15, 0.2) is 29.3 Å². The largest absolute Gasteiger partial charge is 0.350 e. The molecule has 2 amide bonds. The van der Waals surface area contributed by atoms with Crippen LogP contribution in [-0.2, 0) is 12.2 Å². The third kappa shape index (κ3) is 3.90. The summed E-state index contributed by atoms with van der Waals surface area (Å²) in [5.41, 5.74) is 3.74. The van der Waals surface area contributed by atoms with Gasteiger partial charge in [0.15, 0.2) is 0 Å². The molecule has 0 bridgehead atoms. The Morgan fingerprint density at radius 1 is 1.55 bits per heavy atom. The minimum Gasteiger partial charge on any atom is -0.274 e. The van der Waals surface area contributed by atoms with E-state index in [0.29, 0.717) is 15.8 Å². The summed E-state index contributed by atoms with van der Waals surface area (Å²) in [6.45, 7) is 2.05. The van der Waals surface area contributed by atoms with Crippen molar-refractivity contribution in [3.63, 3.8) is 0 Å². The predicted octanol–water partition coefficient (Wildman–Crippen LogP) is 2.91. The maximum absolute atomic E-state index is 11.7. The van der Waals surface area contributed by atoms with Crippen LogP contribution in [0.3, 0.4) is 0 Å². The molecule has 22 heavy (non-hydrogen) atoms. The molecule has 2 aromatic rings. The van der Waals surface area contributed by atoms with Crippen molar-refractivity contribution in [3.8, 4) is 0 Å². The van der Waals surface area contributed by atoms with E-state index in [1.54, 1.807) is 24.0 Å². The number of hydrazine groups is 2. The number of carbonyl (C=O) groups is 1. The van der Waals surface area contributed by atoms with Gasteiger partial charge < -0.3 is 0 Å². The number of thioether (sulfide) groups is 1. The van der Waals surface area contributed by atoms with E-state index in [2.05, 4.69) is 4.98 Å². The minimum atomic E-state index is -0.576. The number of thiazole rings is 1. The molecule has 0 radical (unpaired) electrons. The number of nitrogens with one attached hydrogen (secondary N) is 1. The van der Waals surface area contributed by atoms with Crippen molar-refractivity contribution in [1.29, 1.82) is 0 Å². The fourth-order valence-corrected chi connectivity index (χ4v) is 4.09. The van der Waals surface area contributed by atoms with Gasteiger partial charge in [-0.25, -0.2) is 26.5 Å². The first-order valence-corrected chi connectivity index (χ1v) is 8.65. The van der Waals surface area contributed by atoms with Crippen molar-refractivity contribution in [2.45, 2.75) is 24.0 Å². The molecule has 0 saturated heterocycles. The Hall–Kier alpha value is -1.32. The van der Waals surface area contributed by atoms with Gasteiger partial charge in [-0.3, -0.25) is 5.43 Å². The first-order valence-electron chi connectivity index (χ1n) is 6.47. The SMILES string of the molecule is CCc1cccc(N(N)C(=O)NN)c1SCc1ncc(Cl)s1. The average Bonchev–Trinajstić information content (AvgIpc) is 2.96. The van der Waals surface area contributed by atoms with Crippen LogP contribution in [0.25, 0.3) is 0 Å². The number of amides is 2. The van der Waals surface area contributed by atoms with Crippen LogP contribution in [0, 0.1) is 0 Å². The number of carbonyl (C=O) groups excluding carboxylic acids is 1. The van der Waals surface area contributed by atoms with Crippen LogP contribution in [0.2, 0.25) is 4.34 Å². The summed E-state index contributed by atoms with van der Waals surface area (Å²) in [4.78, 5) is 16.8. The van der Waals surface area contributed by atoms with Gasteiger partial charge in [0.2, 0.25) is 0 Å². The van der Waals surface area contributed by atoms with E-state index < -0.39 is 6.03 Å². The first-order chi connectivity index (χ1) is 10.6. The van der Waals surface area contributed by atoms with Crippen LogP contribution in [0.5, 0.6) is 0 Å². The Labute approximate surface area is 141 Å². The lowest BCUT2D eigenvalue weighted by atomic mass is 10.1. The van der Waals surface area contributed by atoms with Crippen molar-refractivity contribution < 1.29 is 4.79 Å².